The van der Waals surface area contributed by atoms with Crippen molar-refractivity contribution in [3.63, 3.8) is 0 Å². The maximum atomic E-state index is 12.8. The van der Waals surface area contributed by atoms with Crippen LogP contribution < -0.4 is 5.56 Å². The molecule has 4 aromatic rings. The molecule has 0 bridgehead atoms. The Morgan fingerprint density at radius 2 is 1.71 bits per heavy atom. The van der Waals surface area contributed by atoms with Gasteiger partial charge in [0, 0.05) is 33.1 Å². The predicted molar refractivity (Wildman–Crippen MR) is 117 cm³/mol. The second kappa shape index (κ2) is 8.05. The monoisotopic (exact) mass is 429 g/mol. The number of H-pyrrole nitrogens is 1. The molecule has 0 spiro atoms. The Labute approximate surface area is 176 Å². The Bertz CT molecular complexity index is 1200. The molecule has 4 rings (SSSR count). The molecule has 1 N–H and O–H groups in total. The lowest BCUT2D eigenvalue weighted by molar-refractivity contribution is 0.311. The summed E-state index contributed by atoms with van der Waals surface area (Å²) in [4.78, 5) is 23.1. The van der Waals surface area contributed by atoms with Crippen LogP contribution in [0.5, 0.6) is 0 Å². The first-order valence-electron chi connectivity index (χ1n) is 8.70. The molecule has 7 heteroatoms. The fourth-order valence-electron chi connectivity index (χ4n) is 3.18. The first-order valence-corrected chi connectivity index (χ1v) is 10.3. The molecule has 2 aromatic carbocycles. The van der Waals surface area contributed by atoms with Gasteiger partial charge in [-0.25, -0.2) is 4.98 Å². The van der Waals surface area contributed by atoms with Crippen LogP contribution in [0.15, 0.2) is 58.7 Å². The number of benzene rings is 2. The van der Waals surface area contributed by atoms with E-state index in [9.17, 15) is 4.79 Å². The van der Waals surface area contributed by atoms with E-state index in [1.807, 2.05) is 61.0 Å². The van der Waals surface area contributed by atoms with E-state index in [1.165, 1.54) is 11.3 Å². The maximum Gasteiger partial charge on any atom is 0.260 e. The van der Waals surface area contributed by atoms with Crippen LogP contribution in [0.2, 0.25) is 10.0 Å². The number of aromatic amines is 1. The van der Waals surface area contributed by atoms with Crippen LogP contribution in [0, 0.1) is 0 Å². The van der Waals surface area contributed by atoms with Crippen molar-refractivity contribution in [1.29, 1.82) is 0 Å². The molecular weight excluding hydrogens is 413 g/mol. The lowest BCUT2D eigenvalue weighted by Gasteiger charge is -2.16. The van der Waals surface area contributed by atoms with Gasteiger partial charge in [-0.3, -0.25) is 9.69 Å². The van der Waals surface area contributed by atoms with E-state index in [0.29, 0.717) is 34.2 Å². The summed E-state index contributed by atoms with van der Waals surface area (Å²) in [5.74, 6) is 0.625. The van der Waals surface area contributed by atoms with E-state index < -0.39 is 0 Å². The van der Waals surface area contributed by atoms with Crippen molar-refractivity contribution in [3.05, 3.63) is 85.7 Å². The number of hydrogen-bond donors (Lipinski definition) is 1. The Kier molecular flexibility index (Phi) is 5.51. The highest BCUT2D eigenvalue weighted by Crippen LogP contribution is 2.34. The van der Waals surface area contributed by atoms with Gasteiger partial charge in [0.1, 0.15) is 10.7 Å². The number of hydrogen-bond acceptors (Lipinski definition) is 4. The highest BCUT2D eigenvalue weighted by Gasteiger charge is 2.15. The number of fused-ring (bicyclic) bond motifs is 1. The van der Waals surface area contributed by atoms with Crippen LogP contribution in [0.25, 0.3) is 21.3 Å². The van der Waals surface area contributed by atoms with Crippen LogP contribution in [-0.4, -0.2) is 21.9 Å². The molecule has 0 amide bonds. The van der Waals surface area contributed by atoms with Crippen LogP contribution in [0.3, 0.4) is 0 Å². The van der Waals surface area contributed by atoms with E-state index in [0.717, 1.165) is 21.7 Å². The third kappa shape index (κ3) is 3.84. The van der Waals surface area contributed by atoms with Gasteiger partial charge in [-0.1, -0.05) is 59.6 Å². The molecule has 4 nitrogen and oxygen atoms in total. The quantitative estimate of drug-likeness (QED) is 0.449. The average molecular weight is 430 g/mol. The fourth-order valence-corrected chi connectivity index (χ4v) is 4.57. The summed E-state index contributed by atoms with van der Waals surface area (Å²) in [6, 6.07) is 15.2. The van der Waals surface area contributed by atoms with Gasteiger partial charge in [0.25, 0.3) is 5.56 Å². The molecule has 142 valence electrons. The summed E-state index contributed by atoms with van der Waals surface area (Å²) < 4.78 is 0. The van der Waals surface area contributed by atoms with Crippen LogP contribution in [0.1, 0.15) is 11.4 Å². The average Bonchev–Trinajstić information content (AvgIpc) is 3.08. The lowest BCUT2D eigenvalue weighted by atomic mass is 10.1. The van der Waals surface area contributed by atoms with Gasteiger partial charge in [0.05, 0.1) is 11.9 Å². The van der Waals surface area contributed by atoms with Crippen molar-refractivity contribution < 1.29 is 0 Å². The highest BCUT2D eigenvalue weighted by molar-refractivity contribution is 7.17. The molecule has 0 radical (unpaired) electrons. The minimum absolute atomic E-state index is 0.151. The molecule has 2 aromatic heterocycles. The van der Waals surface area contributed by atoms with Gasteiger partial charge >= 0.3 is 0 Å². The predicted octanol–water partition coefficient (Wildman–Crippen LogP) is 5.59. The second-order valence-corrected chi connectivity index (χ2v) is 8.26. The maximum absolute atomic E-state index is 12.8. The van der Waals surface area contributed by atoms with Gasteiger partial charge in [-0.15, -0.1) is 11.3 Å². The van der Waals surface area contributed by atoms with Crippen molar-refractivity contribution in [2.24, 2.45) is 0 Å². The molecule has 0 saturated carbocycles. The van der Waals surface area contributed by atoms with Gasteiger partial charge in [0.15, 0.2) is 0 Å². The number of rotatable bonds is 5. The number of thiophene rings is 1. The fraction of sp³-hybridized carbons (Fsp3) is 0.143. The van der Waals surface area contributed by atoms with E-state index in [-0.39, 0.29) is 5.56 Å². The smallest absolute Gasteiger partial charge is 0.260 e. The van der Waals surface area contributed by atoms with Crippen molar-refractivity contribution in [1.82, 2.24) is 14.9 Å². The highest BCUT2D eigenvalue weighted by atomic mass is 35.5. The number of nitrogens with zero attached hydrogens (tertiary/aromatic N) is 2. The Morgan fingerprint density at radius 1 is 1.00 bits per heavy atom. The molecule has 0 unspecified atom stereocenters. The number of nitrogens with one attached hydrogen (secondary N) is 1. The summed E-state index contributed by atoms with van der Waals surface area (Å²) in [7, 11) is 1.97. The van der Waals surface area contributed by atoms with Crippen molar-refractivity contribution in [2.45, 2.75) is 13.1 Å². The lowest BCUT2D eigenvalue weighted by Crippen LogP contribution is -2.21. The van der Waals surface area contributed by atoms with E-state index in [4.69, 9.17) is 23.2 Å². The second-order valence-electron chi connectivity index (χ2n) is 6.59. The molecule has 0 aliphatic carbocycles. The molecule has 2 heterocycles. The summed E-state index contributed by atoms with van der Waals surface area (Å²) in [5.41, 5.74) is 2.54. The van der Waals surface area contributed by atoms with Gasteiger partial charge in [0.2, 0.25) is 0 Å². The first-order chi connectivity index (χ1) is 13.5. The van der Waals surface area contributed by atoms with Crippen molar-refractivity contribution in [2.75, 3.05) is 7.05 Å². The molecule has 28 heavy (non-hydrogen) atoms. The van der Waals surface area contributed by atoms with Gasteiger partial charge < -0.3 is 4.98 Å². The minimum Gasteiger partial charge on any atom is -0.309 e. The van der Waals surface area contributed by atoms with Crippen LogP contribution >= 0.6 is 34.5 Å². The Balaban J connectivity index is 1.63. The Morgan fingerprint density at radius 3 is 2.46 bits per heavy atom. The molecule has 0 aliphatic heterocycles. The number of aromatic nitrogens is 2. The van der Waals surface area contributed by atoms with Gasteiger partial charge in [-0.2, -0.15) is 0 Å². The molecular formula is C21H17Cl2N3OS. The minimum atomic E-state index is -0.151. The molecule has 0 fully saturated rings. The van der Waals surface area contributed by atoms with E-state index >= 15 is 0 Å². The zero-order valence-electron chi connectivity index (χ0n) is 15.1. The number of halogens is 2. The summed E-state index contributed by atoms with van der Waals surface area (Å²) >= 11 is 14.0. The third-order valence-corrected chi connectivity index (χ3v) is 6.05. The van der Waals surface area contributed by atoms with E-state index in [1.54, 1.807) is 0 Å². The topological polar surface area (TPSA) is 49.0 Å². The summed E-state index contributed by atoms with van der Waals surface area (Å²) in [5, 5.41) is 3.86. The SMILES string of the molecule is CN(Cc1nc2scc(-c3ccccc3Cl)c2c(=O)[nH]1)Cc1ccccc1Cl. The summed E-state index contributed by atoms with van der Waals surface area (Å²) in [6.07, 6.45) is 0. The van der Waals surface area contributed by atoms with Gasteiger partial charge in [-0.05, 0) is 24.7 Å². The van der Waals surface area contributed by atoms with Crippen LogP contribution in [0.4, 0.5) is 0 Å². The van der Waals surface area contributed by atoms with Crippen molar-refractivity contribution in [3.8, 4) is 11.1 Å². The van der Waals surface area contributed by atoms with Crippen LogP contribution in [-0.2, 0) is 13.1 Å². The standard InChI is InChI=1S/C21H17Cl2N3OS/c1-26(10-13-6-2-4-8-16(13)22)11-18-24-20(27)19-15(12-28-21(19)25-18)14-7-3-5-9-17(14)23/h2-9,12H,10-11H2,1H3,(H,24,25,27). The molecule has 0 aliphatic rings. The largest absolute Gasteiger partial charge is 0.309 e. The molecule has 0 saturated heterocycles. The summed E-state index contributed by atoms with van der Waals surface area (Å²) in [6.45, 7) is 1.17. The Hall–Kier alpha value is -2.18. The zero-order chi connectivity index (χ0) is 19.7. The first kappa shape index (κ1) is 19.2. The molecule has 0 atom stereocenters. The third-order valence-electron chi connectivity index (χ3n) is 4.47. The van der Waals surface area contributed by atoms with Crippen molar-refractivity contribution >= 4 is 44.8 Å². The normalized spacial score (nSPS) is 11.4. The van der Waals surface area contributed by atoms with E-state index in [2.05, 4.69) is 14.9 Å². The zero-order valence-corrected chi connectivity index (χ0v) is 17.4.